The highest BCUT2D eigenvalue weighted by Crippen LogP contribution is 2.33. The molecule has 1 aromatic rings. The van der Waals surface area contributed by atoms with Gasteiger partial charge in [-0.1, -0.05) is 25.7 Å². The summed E-state index contributed by atoms with van der Waals surface area (Å²) >= 11 is 0. The number of rotatable bonds is 2. The highest BCUT2D eigenvalue weighted by atomic mass is 16.3. The molecule has 1 aliphatic heterocycles. The van der Waals surface area contributed by atoms with Crippen LogP contribution in [0.15, 0.2) is 10.7 Å². The second-order valence-electron chi connectivity index (χ2n) is 5.45. The van der Waals surface area contributed by atoms with E-state index in [4.69, 9.17) is 9.40 Å². The van der Waals surface area contributed by atoms with Gasteiger partial charge >= 0.3 is 0 Å². The van der Waals surface area contributed by atoms with Crippen LogP contribution in [0.4, 0.5) is 0 Å². The van der Waals surface area contributed by atoms with Crippen LogP contribution in [0.2, 0.25) is 0 Å². The first kappa shape index (κ1) is 11.3. The third kappa shape index (κ3) is 2.54. The zero-order chi connectivity index (χ0) is 11.5. The van der Waals surface area contributed by atoms with Crippen LogP contribution in [0, 0.1) is 0 Å². The molecule has 1 saturated heterocycles. The smallest absolute Gasteiger partial charge is 0.211 e. The Kier molecular flexibility index (Phi) is 3.46. The summed E-state index contributed by atoms with van der Waals surface area (Å²) in [7, 11) is 0. The Morgan fingerprint density at radius 1 is 1.06 bits per heavy atom. The Morgan fingerprint density at radius 3 is 2.65 bits per heavy atom. The van der Waals surface area contributed by atoms with E-state index < -0.39 is 0 Å². The van der Waals surface area contributed by atoms with Gasteiger partial charge in [-0.15, -0.1) is 0 Å². The maximum atomic E-state index is 5.68. The normalized spacial score (nSPS) is 27.2. The van der Waals surface area contributed by atoms with E-state index in [2.05, 4.69) is 5.32 Å². The number of piperidine rings is 1. The maximum Gasteiger partial charge on any atom is 0.211 e. The van der Waals surface area contributed by atoms with E-state index in [0.717, 1.165) is 12.4 Å². The Bertz CT molecular complexity index is 316. The summed E-state index contributed by atoms with van der Waals surface area (Å²) in [6.07, 6.45) is 12.3. The summed E-state index contributed by atoms with van der Waals surface area (Å²) in [5, 5.41) is 3.50. The van der Waals surface area contributed by atoms with Crippen LogP contribution in [0.1, 0.15) is 74.9 Å². The molecule has 3 heteroatoms. The molecular weight excluding hydrogens is 212 g/mol. The van der Waals surface area contributed by atoms with Gasteiger partial charge in [0.1, 0.15) is 6.26 Å². The van der Waals surface area contributed by atoms with Crippen LogP contribution >= 0.6 is 0 Å². The van der Waals surface area contributed by atoms with Gasteiger partial charge in [0.05, 0.1) is 11.7 Å². The Hall–Kier alpha value is -0.830. The summed E-state index contributed by atoms with van der Waals surface area (Å²) in [6.45, 7) is 1.10. The molecule has 0 bridgehead atoms. The largest absolute Gasteiger partial charge is 0.447 e. The van der Waals surface area contributed by atoms with Crippen molar-refractivity contribution in [2.24, 2.45) is 0 Å². The molecule has 1 aromatic heterocycles. The quantitative estimate of drug-likeness (QED) is 0.850. The average Bonchev–Trinajstić information content (AvgIpc) is 2.90. The lowest BCUT2D eigenvalue weighted by Crippen LogP contribution is -2.27. The molecule has 2 heterocycles. The minimum absolute atomic E-state index is 0.362. The lowest BCUT2D eigenvalue weighted by molar-refractivity contribution is 0.338. The molecule has 94 valence electrons. The molecule has 1 unspecified atom stereocenters. The molecule has 17 heavy (non-hydrogen) atoms. The summed E-state index contributed by atoms with van der Waals surface area (Å²) in [5.74, 6) is 1.58. The topological polar surface area (TPSA) is 38.1 Å². The van der Waals surface area contributed by atoms with E-state index in [0.29, 0.717) is 12.0 Å². The SMILES string of the molecule is c1oc(C2CCCCN2)nc1C1CCCCC1. The van der Waals surface area contributed by atoms with Gasteiger partial charge in [-0.05, 0) is 32.2 Å². The molecule has 1 saturated carbocycles. The van der Waals surface area contributed by atoms with E-state index in [-0.39, 0.29) is 0 Å². The van der Waals surface area contributed by atoms with Gasteiger partial charge < -0.3 is 9.73 Å². The molecule has 0 aromatic carbocycles. The molecule has 1 aliphatic carbocycles. The molecule has 3 nitrogen and oxygen atoms in total. The second kappa shape index (κ2) is 5.21. The van der Waals surface area contributed by atoms with Gasteiger partial charge in [0.25, 0.3) is 0 Å². The van der Waals surface area contributed by atoms with E-state index in [9.17, 15) is 0 Å². The predicted octanol–water partition coefficient (Wildman–Crippen LogP) is 3.54. The molecule has 1 atom stereocenters. The third-order valence-electron chi connectivity index (χ3n) is 4.17. The van der Waals surface area contributed by atoms with E-state index in [1.165, 1.54) is 57.1 Å². The second-order valence-corrected chi connectivity index (χ2v) is 5.45. The van der Waals surface area contributed by atoms with Gasteiger partial charge in [-0.25, -0.2) is 4.98 Å². The highest BCUT2D eigenvalue weighted by Gasteiger charge is 2.23. The first-order valence-electron chi connectivity index (χ1n) is 7.12. The summed E-state index contributed by atoms with van der Waals surface area (Å²) in [4.78, 5) is 4.73. The van der Waals surface area contributed by atoms with E-state index in [1.54, 1.807) is 0 Å². The van der Waals surface area contributed by atoms with Gasteiger partial charge in [0.2, 0.25) is 5.89 Å². The third-order valence-corrected chi connectivity index (χ3v) is 4.17. The Labute approximate surface area is 103 Å². The number of oxazole rings is 1. The van der Waals surface area contributed by atoms with E-state index in [1.807, 2.05) is 6.26 Å². The molecule has 2 fully saturated rings. The molecule has 1 N–H and O–H groups in total. The van der Waals surface area contributed by atoms with Gasteiger partial charge in [0, 0.05) is 5.92 Å². The fourth-order valence-electron chi connectivity index (χ4n) is 3.11. The molecule has 0 spiro atoms. The maximum absolute atomic E-state index is 5.68. The predicted molar refractivity (Wildman–Crippen MR) is 66.9 cm³/mol. The summed E-state index contributed by atoms with van der Waals surface area (Å²) in [5.41, 5.74) is 1.20. The molecule has 2 aliphatic rings. The number of aromatic nitrogens is 1. The minimum atomic E-state index is 0.362. The Morgan fingerprint density at radius 2 is 1.88 bits per heavy atom. The molecule has 0 radical (unpaired) electrons. The Balaban J connectivity index is 1.68. The molecular formula is C14H22N2O. The number of hydrogen-bond donors (Lipinski definition) is 1. The van der Waals surface area contributed by atoms with Crippen LogP contribution in [0.3, 0.4) is 0 Å². The van der Waals surface area contributed by atoms with Crippen molar-refractivity contribution in [1.29, 1.82) is 0 Å². The molecule has 3 rings (SSSR count). The number of hydrogen-bond acceptors (Lipinski definition) is 3. The van der Waals surface area contributed by atoms with Crippen molar-refractivity contribution >= 4 is 0 Å². The fourth-order valence-corrected chi connectivity index (χ4v) is 3.11. The van der Waals surface area contributed by atoms with Gasteiger partial charge in [-0.2, -0.15) is 0 Å². The van der Waals surface area contributed by atoms with Crippen molar-refractivity contribution in [2.45, 2.75) is 63.3 Å². The zero-order valence-corrected chi connectivity index (χ0v) is 10.5. The first-order chi connectivity index (χ1) is 8.43. The standard InChI is InChI=1S/C14H22N2O/c1-2-6-11(7-3-1)13-10-17-14(16-13)12-8-4-5-9-15-12/h10-12,15H,1-9H2. The minimum Gasteiger partial charge on any atom is -0.447 e. The molecule has 0 amide bonds. The average molecular weight is 234 g/mol. The van der Waals surface area contributed by atoms with Crippen molar-refractivity contribution in [3.63, 3.8) is 0 Å². The monoisotopic (exact) mass is 234 g/mol. The zero-order valence-electron chi connectivity index (χ0n) is 10.5. The van der Waals surface area contributed by atoms with Crippen LogP contribution in [0.5, 0.6) is 0 Å². The first-order valence-corrected chi connectivity index (χ1v) is 7.12. The van der Waals surface area contributed by atoms with Crippen molar-refractivity contribution < 1.29 is 4.42 Å². The van der Waals surface area contributed by atoms with Crippen molar-refractivity contribution in [1.82, 2.24) is 10.3 Å². The lowest BCUT2D eigenvalue weighted by Gasteiger charge is -2.21. The van der Waals surface area contributed by atoms with E-state index >= 15 is 0 Å². The van der Waals surface area contributed by atoms with Crippen molar-refractivity contribution in [3.8, 4) is 0 Å². The highest BCUT2D eigenvalue weighted by molar-refractivity contribution is 5.07. The van der Waals surface area contributed by atoms with Crippen LogP contribution in [0.25, 0.3) is 0 Å². The van der Waals surface area contributed by atoms with Crippen LogP contribution in [-0.2, 0) is 0 Å². The number of nitrogens with one attached hydrogen (secondary N) is 1. The summed E-state index contributed by atoms with van der Waals surface area (Å²) < 4.78 is 5.68. The summed E-state index contributed by atoms with van der Waals surface area (Å²) in [6, 6.07) is 0.362. The lowest BCUT2D eigenvalue weighted by atomic mass is 9.87. The van der Waals surface area contributed by atoms with Crippen LogP contribution < -0.4 is 5.32 Å². The van der Waals surface area contributed by atoms with Gasteiger partial charge in [-0.3, -0.25) is 0 Å². The number of nitrogens with zero attached hydrogens (tertiary/aromatic N) is 1. The van der Waals surface area contributed by atoms with Crippen LogP contribution in [-0.4, -0.2) is 11.5 Å². The van der Waals surface area contributed by atoms with Crippen molar-refractivity contribution in [3.05, 3.63) is 17.8 Å². The van der Waals surface area contributed by atoms with Gasteiger partial charge in [0.15, 0.2) is 0 Å². The van der Waals surface area contributed by atoms with Crippen molar-refractivity contribution in [2.75, 3.05) is 6.54 Å². The fraction of sp³-hybridized carbons (Fsp3) is 0.786.